The van der Waals surface area contributed by atoms with Gasteiger partial charge in [-0.2, -0.15) is 5.10 Å². The molecule has 4 heterocycles. The number of fused-ring (bicyclic) bond motifs is 2. The summed E-state index contributed by atoms with van der Waals surface area (Å²) in [6.45, 7) is 1.78. The Bertz CT molecular complexity index is 2110. The second kappa shape index (κ2) is 10.4. The number of carbonyl (C=O) groups is 1. The van der Waals surface area contributed by atoms with E-state index in [1.54, 1.807) is 31.6 Å². The average molecular weight is 585 g/mol. The molecule has 1 atom stereocenters. The molecule has 13 heteroatoms. The van der Waals surface area contributed by atoms with Crippen LogP contribution in [-0.4, -0.2) is 50.7 Å². The number of rotatable bonds is 7. The largest absolute Gasteiger partial charge is 0.336 e. The molecule has 0 spiro atoms. The van der Waals surface area contributed by atoms with E-state index >= 15 is 0 Å². The number of pyridine rings is 2. The number of halogens is 1. The van der Waals surface area contributed by atoms with E-state index in [1.807, 2.05) is 24.3 Å². The first-order chi connectivity index (χ1) is 20.1. The Balaban J connectivity index is 1.42. The lowest BCUT2D eigenvalue weighted by atomic mass is 10.0. The molecule has 6 aromatic rings. The van der Waals surface area contributed by atoms with Crippen molar-refractivity contribution in [3.05, 3.63) is 78.5 Å². The normalized spacial score (nSPS) is 12.6. The van der Waals surface area contributed by atoms with E-state index in [4.69, 9.17) is 10.7 Å². The molecule has 0 saturated heterocycles. The second-order valence-electron chi connectivity index (χ2n) is 9.86. The van der Waals surface area contributed by atoms with Crippen LogP contribution >= 0.6 is 0 Å². The van der Waals surface area contributed by atoms with Crippen LogP contribution in [0, 0.1) is 5.82 Å². The summed E-state index contributed by atoms with van der Waals surface area (Å²) in [5.74, 6) is -0.294. The predicted octanol–water partition coefficient (Wildman–Crippen LogP) is 4.72. The van der Waals surface area contributed by atoms with Gasteiger partial charge >= 0.3 is 0 Å². The van der Waals surface area contributed by atoms with Crippen LogP contribution in [0.5, 0.6) is 0 Å². The molecule has 0 bridgehead atoms. The molecule has 42 heavy (non-hydrogen) atoms. The molecule has 4 aromatic heterocycles. The number of hydrogen-bond acceptors (Lipinski definition) is 8. The summed E-state index contributed by atoms with van der Waals surface area (Å²) in [6, 6.07) is 13.2. The van der Waals surface area contributed by atoms with Crippen LogP contribution in [0.15, 0.2) is 67.1 Å². The van der Waals surface area contributed by atoms with Gasteiger partial charge in [0.1, 0.15) is 22.4 Å². The maximum Gasteiger partial charge on any atom is 0.224 e. The van der Waals surface area contributed by atoms with E-state index in [2.05, 4.69) is 30.5 Å². The van der Waals surface area contributed by atoms with Crippen LogP contribution in [0.1, 0.15) is 24.3 Å². The lowest BCUT2D eigenvalue weighted by Crippen LogP contribution is -2.20. The van der Waals surface area contributed by atoms with E-state index in [0.29, 0.717) is 45.9 Å². The molecule has 212 valence electrons. The van der Waals surface area contributed by atoms with E-state index in [9.17, 15) is 17.6 Å². The van der Waals surface area contributed by atoms with Crippen molar-refractivity contribution in [1.82, 2.24) is 30.1 Å². The number of nitrogens with one attached hydrogen (secondary N) is 3. The highest BCUT2D eigenvalue weighted by atomic mass is 32.2. The number of amides is 1. The first-order valence-electron chi connectivity index (χ1n) is 12.9. The van der Waals surface area contributed by atoms with E-state index in [1.165, 1.54) is 12.1 Å². The lowest BCUT2D eigenvalue weighted by molar-refractivity contribution is -0.115. The van der Waals surface area contributed by atoms with Gasteiger partial charge in [0.05, 0.1) is 28.6 Å². The van der Waals surface area contributed by atoms with Gasteiger partial charge in [-0.05, 0) is 53.6 Å². The number of anilines is 1. The fourth-order valence-corrected chi connectivity index (χ4v) is 5.34. The number of benzene rings is 2. The Morgan fingerprint density at radius 3 is 2.64 bits per heavy atom. The zero-order valence-electron chi connectivity index (χ0n) is 22.5. The third kappa shape index (κ3) is 5.10. The molecule has 0 aliphatic heterocycles. The molecule has 0 fully saturated rings. The number of carbonyl (C=O) groups excluding carboxylic acids is 1. The highest BCUT2D eigenvalue weighted by Crippen LogP contribution is 2.34. The summed E-state index contributed by atoms with van der Waals surface area (Å²) in [5, 5.41) is 9.74. The van der Waals surface area contributed by atoms with E-state index < -0.39 is 21.0 Å². The number of nitrogens with two attached hydrogens (primary N) is 1. The van der Waals surface area contributed by atoms with Crippen LogP contribution in [0.2, 0.25) is 0 Å². The summed E-state index contributed by atoms with van der Waals surface area (Å²) in [5.41, 5.74) is 11.4. The van der Waals surface area contributed by atoms with Gasteiger partial charge in [-0.15, -0.1) is 0 Å². The summed E-state index contributed by atoms with van der Waals surface area (Å²) < 4.78 is 38.6. The molecule has 5 N–H and O–H groups in total. The minimum absolute atomic E-state index is 0.104. The average Bonchev–Trinajstić information content (AvgIpc) is 3.59. The number of H-pyrrole nitrogens is 2. The summed E-state index contributed by atoms with van der Waals surface area (Å²) in [4.78, 5) is 28.6. The highest BCUT2D eigenvalue weighted by molar-refractivity contribution is 7.90. The zero-order chi connectivity index (χ0) is 29.6. The van der Waals surface area contributed by atoms with Gasteiger partial charge in [0.2, 0.25) is 5.91 Å². The van der Waals surface area contributed by atoms with Crippen LogP contribution in [0.3, 0.4) is 0 Å². The molecule has 11 nitrogen and oxygen atoms in total. The Labute approximate surface area is 239 Å². The fraction of sp³-hybridized carbons (Fsp3) is 0.138. The summed E-state index contributed by atoms with van der Waals surface area (Å²) >= 11 is 0. The van der Waals surface area contributed by atoms with Crippen molar-refractivity contribution in [2.75, 3.05) is 11.6 Å². The first kappa shape index (κ1) is 27.2. The van der Waals surface area contributed by atoms with Crippen molar-refractivity contribution in [3.8, 4) is 33.9 Å². The van der Waals surface area contributed by atoms with Gasteiger partial charge in [0.15, 0.2) is 15.7 Å². The van der Waals surface area contributed by atoms with Crippen molar-refractivity contribution < 1.29 is 17.6 Å². The third-order valence-corrected chi connectivity index (χ3v) is 8.04. The van der Waals surface area contributed by atoms with Crippen molar-refractivity contribution in [1.29, 1.82) is 0 Å². The zero-order valence-corrected chi connectivity index (χ0v) is 23.3. The van der Waals surface area contributed by atoms with Crippen LogP contribution in [0.25, 0.3) is 55.8 Å². The quantitative estimate of drug-likeness (QED) is 0.209. The number of nitrogens with zero attached hydrogens (tertiary/aromatic N) is 4. The maximum absolute atomic E-state index is 14.6. The molecule has 0 radical (unpaired) electrons. The van der Waals surface area contributed by atoms with Gasteiger partial charge in [-0.1, -0.05) is 13.0 Å². The summed E-state index contributed by atoms with van der Waals surface area (Å²) in [7, 11) is -3.66. The topological polar surface area (TPSA) is 172 Å². The SMILES string of the molecule is CCC(=O)Nc1cncc(-c2ccc3[nH]nc(-c4nc5c(-c6cc(F)cc(C(N)S(C)(=O)=O)c6)nccc5[nH]4)c3c2)c1. The van der Waals surface area contributed by atoms with Gasteiger partial charge in [-0.25, -0.2) is 17.8 Å². The minimum Gasteiger partial charge on any atom is -0.336 e. The minimum atomic E-state index is -3.66. The molecular formula is C29H25FN8O3S. The van der Waals surface area contributed by atoms with Crippen LogP contribution < -0.4 is 11.1 Å². The monoisotopic (exact) mass is 584 g/mol. The van der Waals surface area contributed by atoms with Crippen molar-refractivity contribution >= 4 is 43.4 Å². The molecule has 2 aromatic carbocycles. The predicted molar refractivity (Wildman–Crippen MR) is 158 cm³/mol. The Morgan fingerprint density at radius 2 is 1.86 bits per heavy atom. The van der Waals surface area contributed by atoms with Crippen LogP contribution in [-0.2, 0) is 14.6 Å². The lowest BCUT2D eigenvalue weighted by Gasteiger charge is -2.12. The van der Waals surface area contributed by atoms with Crippen molar-refractivity contribution in [2.45, 2.75) is 18.7 Å². The molecule has 1 amide bonds. The Hall–Kier alpha value is -5.01. The third-order valence-electron chi connectivity index (χ3n) is 6.85. The highest BCUT2D eigenvalue weighted by Gasteiger charge is 2.21. The van der Waals surface area contributed by atoms with Crippen molar-refractivity contribution in [2.24, 2.45) is 5.73 Å². The smallest absolute Gasteiger partial charge is 0.224 e. The van der Waals surface area contributed by atoms with Gasteiger partial charge in [0, 0.05) is 41.6 Å². The second-order valence-corrected chi connectivity index (χ2v) is 12.0. The van der Waals surface area contributed by atoms with Crippen molar-refractivity contribution in [3.63, 3.8) is 0 Å². The first-order valence-corrected chi connectivity index (χ1v) is 14.9. The summed E-state index contributed by atoms with van der Waals surface area (Å²) in [6.07, 6.45) is 6.22. The van der Waals surface area contributed by atoms with E-state index in [-0.39, 0.29) is 11.5 Å². The maximum atomic E-state index is 14.6. The molecule has 0 aliphatic carbocycles. The van der Waals surface area contributed by atoms with Crippen LogP contribution in [0.4, 0.5) is 10.1 Å². The molecule has 6 rings (SSSR count). The number of hydrogen-bond donors (Lipinski definition) is 4. The van der Waals surface area contributed by atoms with Gasteiger partial charge in [-0.3, -0.25) is 19.9 Å². The molecular weight excluding hydrogens is 559 g/mol. The Morgan fingerprint density at radius 1 is 1.02 bits per heavy atom. The number of sulfone groups is 1. The molecule has 0 saturated carbocycles. The number of aromatic nitrogens is 6. The van der Waals surface area contributed by atoms with E-state index in [0.717, 1.165) is 34.4 Å². The number of imidazole rings is 1. The molecule has 0 aliphatic rings. The van der Waals surface area contributed by atoms with Gasteiger partial charge < -0.3 is 16.0 Å². The Kier molecular flexibility index (Phi) is 6.75. The van der Waals surface area contributed by atoms with Gasteiger partial charge in [0.25, 0.3) is 0 Å². The standard InChI is InChI=1S/C29H25FN8O3S/c1-3-24(39)34-20-11-18(13-32-14-20)15-4-5-22-21(12-15)26(38-37-22)29-35-23-6-7-33-25(27(23)36-29)16-8-17(10-19(30)9-16)28(31)42(2,40)41/h4-14,28H,3,31H2,1-2H3,(H,34,39)(H,35,36)(H,37,38). The number of aromatic amines is 2. The molecule has 1 unspecified atom stereocenters. The fourth-order valence-electron chi connectivity index (χ4n) is 4.71.